The highest BCUT2D eigenvalue weighted by Gasteiger charge is 2.71. The number of benzene rings is 2. The quantitative estimate of drug-likeness (QED) is 0.760. The van der Waals surface area contributed by atoms with E-state index in [4.69, 9.17) is 0 Å². The summed E-state index contributed by atoms with van der Waals surface area (Å²) >= 11 is 0. The molecule has 2 atom stereocenters. The van der Waals surface area contributed by atoms with Crippen molar-refractivity contribution in [2.75, 3.05) is 0 Å². The minimum Gasteiger partial charge on any atom is -0.292 e. The van der Waals surface area contributed by atoms with Crippen LogP contribution in [0.1, 0.15) is 43.1 Å². The Morgan fingerprint density at radius 3 is 2.04 bits per heavy atom. The van der Waals surface area contributed by atoms with Crippen LogP contribution in [-0.2, 0) is 9.84 Å². The molecule has 0 aromatic heterocycles. The summed E-state index contributed by atoms with van der Waals surface area (Å²) < 4.78 is 25.6. The Balaban J connectivity index is 2.14. The van der Waals surface area contributed by atoms with Crippen LogP contribution >= 0.6 is 0 Å². The molecule has 3 nitrogen and oxygen atoms in total. The van der Waals surface area contributed by atoms with Crippen molar-refractivity contribution in [3.8, 4) is 0 Å². The van der Waals surface area contributed by atoms with Crippen molar-refractivity contribution in [1.82, 2.24) is 0 Å². The van der Waals surface area contributed by atoms with Crippen LogP contribution < -0.4 is 0 Å². The zero-order valence-corrected chi connectivity index (χ0v) is 15.9. The summed E-state index contributed by atoms with van der Waals surface area (Å²) in [5.74, 6) is -0.479. The van der Waals surface area contributed by atoms with Crippen LogP contribution in [0.15, 0.2) is 59.5 Å². The zero-order valence-electron chi connectivity index (χ0n) is 15.1. The van der Waals surface area contributed by atoms with Crippen LogP contribution in [0.3, 0.4) is 0 Å². The Hall–Kier alpha value is -1.94. The molecule has 1 fully saturated rings. The second-order valence-corrected chi connectivity index (χ2v) is 10.2. The minimum absolute atomic E-state index is 0.195. The molecule has 2 aromatic carbocycles. The molecule has 0 spiro atoms. The van der Waals surface area contributed by atoms with Gasteiger partial charge in [0, 0.05) is 5.56 Å². The van der Waals surface area contributed by atoms with Crippen molar-refractivity contribution in [2.45, 2.75) is 43.8 Å². The molecule has 0 unspecified atom stereocenters. The van der Waals surface area contributed by atoms with Crippen molar-refractivity contribution in [2.24, 2.45) is 11.3 Å². The molecular formula is C21H24O3S. The highest BCUT2D eigenvalue weighted by molar-refractivity contribution is 7.94. The number of hydrogen-bond acceptors (Lipinski definition) is 3. The highest BCUT2D eigenvalue weighted by atomic mass is 32.2. The first-order valence-corrected chi connectivity index (χ1v) is 10.0. The van der Waals surface area contributed by atoms with E-state index in [9.17, 15) is 13.2 Å². The lowest BCUT2D eigenvalue weighted by Crippen LogP contribution is -2.38. The van der Waals surface area contributed by atoms with Gasteiger partial charge in [0.25, 0.3) is 0 Å². The number of carbonyl (C=O) groups is 1. The summed E-state index contributed by atoms with van der Waals surface area (Å²) in [4.78, 5) is 13.5. The maximum atomic E-state index is 13.5. The molecule has 0 heterocycles. The molecule has 0 bridgehead atoms. The average molecular weight is 356 g/mol. The molecule has 0 amide bonds. The van der Waals surface area contributed by atoms with E-state index in [0.717, 1.165) is 5.56 Å². The summed E-state index contributed by atoms with van der Waals surface area (Å²) in [5.41, 5.74) is 1.19. The Bertz CT molecular complexity index is 890. The lowest BCUT2D eigenvalue weighted by atomic mass is 9.87. The smallest absolute Gasteiger partial charge is 0.191 e. The topological polar surface area (TPSA) is 51.2 Å². The number of aryl methyl sites for hydroxylation is 1. The molecule has 0 saturated heterocycles. The van der Waals surface area contributed by atoms with Gasteiger partial charge in [-0.1, -0.05) is 68.8 Å². The molecule has 25 heavy (non-hydrogen) atoms. The molecule has 0 radical (unpaired) electrons. The van der Waals surface area contributed by atoms with Crippen molar-refractivity contribution in [3.63, 3.8) is 0 Å². The standard InChI is InChI=1S/C21H24O3S/c1-15-10-12-17(13-11-15)25(23,24)21(14-18(21)20(2,3)4)19(22)16-8-6-5-7-9-16/h5-13,18H,14H2,1-4H3/t18-,21-/m1/s1. The number of ketones is 1. The van der Waals surface area contributed by atoms with Gasteiger partial charge in [0.1, 0.15) is 4.75 Å². The monoisotopic (exact) mass is 356 g/mol. The Labute approximate surface area is 150 Å². The van der Waals surface area contributed by atoms with Crippen molar-refractivity contribution in [1.29, 1.82) is 0 Å². The number of rotatable bonds is 4. The molecule has 0 aliphatic heterocycles. The van der Waals surface area contributed by atoms with Gasteiger partial charge in [0.05, 0.1) is 4.90 Å². The predicted molar refractivity (Wildman–Crippen MR) is 99.4 cm³/mol. The number of hydrogen-bond donors (Lipinski definition) is 0. The summed E-state index contributed by atoms with van der Waals surface area (Å²) in [7, 11) is -3.77. The maximum absolute atomic E-state index is 13.5. The lowest BCUT2D eigenvalue weighted by Gasteiger charge is -2.24. The fourth-order valence-electron chi connectivity index (χ4n) is 3.68. The van der Waals surface area contributed by atoms with Crippen molar-refractivity contribution < 1.29 is 13.2 Å². The van der Waals surface area contributed by atoms with Crippen LogP contribution in [0.5, 0.6) is 0 Å². The summed E-state index contributed by atoms with van der Waals surface area (Å²) in [5, 5.41) is 0. The third kappa shape index (κ3) is 2.82. The van der Waals surface area contributed by atoms with Crippen LogP contribution in [0.25, 0.3) is 0 Å². The van der Waals surface area contributed by atoms with Gasteiger partial charge >= 0.3 is 0 Å². The number of sulfone groups is 1. The second-order valence-electron chi connectivity index (χ2n) is 8.02. The van der Waals surface area contributed by atoms with E-state index in [1.165, 1.54) is 0 Å². The van der Waals surface area contributed by atoms with E-state index in [-0.39, 0.29) is 22.0 Å². The molecule has 1 aliphatic carbocycles. The van der Waals surface area contributed by atoms with Crippen LogP contribution in [-0.4, -0.2) is 18.9 Å². The van der Waals surface area contributed by atoms with E-state index in [1.807, 2.05) is 33.8 Å². The fourth-order valence-corrected chi connectivity index (χ4v) is 6.07. The zero-order chi connectivity index (χ0) is 18.5. The van der Waals surface area contributed by atoms with E-state index in [0.29, 0.717) is 12.0 Å². The average Bonchev–Trinajstić information content (AvgIpc) is 3.33. The normalized spacial score (nSPS) is 23.3. The fraction of sp³-hybridized carbons (Fsp3) is 0.381. The first-order valence-electron chi connectivity index (χ1n) is 8.52. The number of Topliss-reactive ketones (excluding diaryl/α,β-unsaturated/α-hetero) is 1. The largest absolute Gasteiger partial charge is 0.292 e. The SMILES string of the molecule is Cc1ccc(S(=O)(=O)[C@]2(C(=O)c3ccccc3)C[C@@H]2C(C)(C)C)cc1. The summed E-state index contributed by atoms with van der Waals surface area (Å²) in [6.07, 6.45) is 0.375. The van der Waals surface area contributed by atoms with Gasteiger partial charge in [0.2, 0.25) is 0 Å². The molecule has 1 saturated carbocycles. The first kappa shape index (κ1) is 17.9. The third-order valence-corrected chi connectivity index (χ3v) is 7.68. The van der Waals surface area contributed by atoms with E-state index >= 15 is 0 Å². The van der Waals surface area contributed by atoms with Gasteiger partial charge in [-0.15, -0.1) is 0 Å². The van der Waals surface area contributed by atoms with Gasteiger partial charge in [-0.25, -0.2) is 8.42 Å². The Morgan fingerprint density at radius 2 is 1.56 bits per heavy atom. The molecule has 132 valence electrons. The maximum Gasteiger partial charge on any atom is 0.191 e. The molecule has 2 aromatic rings. The predicted octanol–water partition coefficient (Wildman–Crippen LogP) is 4.46. The first-order chi connectivity index (χ1) is 11.6. The minimum atomic E-state index is -3.77. The molecule has 3 rings (SSSR count). The van der Waals surface area contributed by atoms with Gasteiger partial charge in [-0.2, -0.15) is 0 Å². The summed E-state index contributed by atoms with van der Waals surface area (Å²) in [6, 6.07) is 15.6. The molecule has 1 aliphatic rings. The van der Waals surface area contributed by atoms with Crippen molar-refractivity contribution in [3.05, 3.63) is 65.7 Å². The van der Waals surface area contributed by atoms with Gasteiger partial charge in [-0.05, 0) is 36.8 Å². The summed E-state index contributed by atoms with van der Waals surface area (Å²) in [6.45, 7) is 7.92. The highest BCUT2D eigenvalue weighted by Crippen LogP contribution is 2.61. The van der Waals surface area contributed by atoms with Crippen LogP contribution in [0.2, 0.25) is 0 Å². The van der Waals surface area contributed by atoms with E-state index < -0.39 is 14.6 Å². The van der Waals surface area contributed by atoms with Gasteiger partial charge in [-0.3, -0.25) is 4.79 Å². The molecule has 0 N–H and O–H groups in total. The van der Waals surface area contributed by atoms with Crippen LogP contribution in [0, 0.1) is 18.3 Å². The third-order valence-electron chi connectivity index (χ3n) is 5.19. The van der Waals surface area contributed by atoms with Gasteiger partial charge < -0.3 is 0 Å². The number of carbonyl (C=O) groups excluding carboxylic acids is 1. The van der Waals surface area contributed by atoms with Gasteiger partial charge in [0.15, 0.2) is 15.6 Å². The van der Waals surface area contributed by atoms with E-state index in [1.54, 1.807) is 48.5 Å². The van der Waals surface area contributed by atoms with E-state index in [2.05, 4.69) is 0 Å². The van der Waals surface area contributed by atoms with Crippen LogP contribution in [0.4, 0.5) is 0 Å². The lowest BCUT2D eigenvalue weighted by molar-refractivity contribution is 0.0962. The second kappa shape index (κ2) is 5.80. The Morgan fingerprint density at radius 1 is 1.00 bits per heavy atom. The molecule has 4 heteroatoms. The molecular weight excluding hydrogens is 332 g/mol. The Kier molecular flexibility index (Phi) is 4.15. The van der Waals surface area contributed by atoms with Crippen molar-refractivity contribution >= 4 is 15.6 Å².